The van der Waals surface area contributed by atoms with Gasteiger partial charge in [0.25, 0.3) is 0 Å². The van der Waals surface area contributed by atoms with E-state index in [9.17, 15) is 9.00 Å². The molecule has 1 aliphatic heterocycles. The summed E-state index contributed by atoms with van der Waals surface area (Å²) in [5.41, 5.74) is 6.34. The van der Waals surface area contributed by atoms with Crippen molar-refractivity contribution in [1.29, 1.82) is 0 Å². The second kappa shape index (κ2) is 8.85. The first-order valence-electron chi connectivity index (χ1n) is 12.4. The number of amides is 1. The maximum absolute atomic E-state index is 14.2. The van der Waals surface area contributed by atoms with Gasteiger partial charge in [-0.15, -0.1) is 0 Å². The fourth-order valence-corrected chi connectivity index (χ4v) is 8.04. The number of carbonyl (C=O) groups is 1. The summed E-state index contributed by atoms with van der Waals surface area (Å²) in [5.74, 6) is 0.942. The molecule has 0 radical (unpaired) electrons. The van der Waals surface area contributed by atoms with E-state index in [2.05, 4.69) is 30.0 Å². The Morgan fingerprint density at radius 1 is 1.19 bits per heavy atom. The first-order chi connectivity index (χ1) is 17.0. The van der Waals surface area contributed by atoms with Crippen LogP contribution in [-0.4, -0.2) is 57.5 Å². The highest BCUT2D eigenvalue weighted by atomic mass is 32.2. The van der Waals surface area contributed by atoms with Crippen LogP contribution in [0.15, 0.2) is 48.5 Å². The Balaban J connectivity index is 1.72. The lowest BCUT2D eigenvalue weighted by atomic mass is 9.96. The van der Waals surface area contributed by atoms with Crippen LogP contribution in [0.25, 0.3) is 22.2 Å². The molecule has 1 aromatic heterocycles. The highest BCUT2D eigenvalue weighted by molar-refractivity contribution is 8.01. The Hall–Kier alpha value is -2.97. The molecule has 1 amide bonds. The fourth-order valence-electron chi connectivity index (χ4n) is 5.14. The van der Waals surface area contributed by atoms with E-state index in [1.54, 1.807) is 25.5 Å². The zero-order valence-electron chi connectivity index (χ0n) is 21.4. The number of fused-ring (bicyclic) bond motifs is 1. The van der Waals surface area contributed by atoms with E-state index in [1.807, 2.05) is 30.3 Å². The molecule has 1 aliphatic carbocycles. The Kier molecular flexibility index (Phi) is 6.08. The molecule has 0 bridgehead atoms. The zero-order chi connectivity index (χ0) is 25.7. The summed E-state index contributed by atoms with van der Waals surface area (Å²) in [6.07, 6.45) is 3.21. The van der Waals surface area contributed by atoms with Gasteiger partial charge in [0.05, 0.1) is 35.1 Å². The third-order valence-electron chi connectivity index (χ3n) is 7.51. The predicted molar refractivity (Wildman–Crippen MR) is 147 cm³/mol. The molecule has 2 aliphatic rings. The van der Waals surface area contributed by atoms with Crippen LogP contribution in [0.5, 0.6) is 0 Å². The first kappa shape index (κ1) is 24.7. The topological polar surface area (TPSA) is 98.4 Å². The van der Waals surface area contributed by atoms with Crippen molar-refractivity contribution in [3.8, 4) is 11.4 Å². The minimum absolute atomic E-state index is 0.156. The monoisotopic (exact) mass is 506 g/mol. The predicted octanol–water partition coefficient (Wildman–Crippen LogP) is 3.74. The molecule has 2 N–H and O–H groups in total. The highest BCUT2D eigenvalue weighted by Crippen LogP contribution is 2.53. The Labute approximate surface area is 213 Å². The number of nitrogens with two attached hydrogens (primary N) is 1. The van der Waals surface area contributed by atoms with Crippen molar-refractivity contribution in [2.45, 2.75) is 44.4 Å². The molecule has 2 aromatic carbocycles. The number of ether oxygens (including phenoxy) is 1. The van der Waals surface area contributed by atoms with Crippen molar-refractivity contribution in [2.75, 3.05) is 30.9 Å². The third-order valence-corrected chi connectivity index (χ3v) is 10.7. The van der Waals surface area contributed by atoms with E-state index in [0.717, 1.165) is 47.2 Å². The van der Waals surface area contributed by atoms with Crippen molar-refractivity contribution < 1.29 is 13.7 Å². The molecule has 5 rings (SSSR count). The summed E-state index contributed by atoms with van der Waals surface area (Å²) < 4.78 is 19.3. The van der Waals surface area contributed by atoms with E-state index >= 15 is 0 Å². The van der Waals surface area contributed by atoms with Crippen LogP contribution in [0, 0.1) is 5.41 Å². The fraction of sp³-hybridized carbons (Fsp3) is 0.429. The number of benzene rings is 2. The zero-order valence-corrected chi connectivity index (χ0v) is 22.2. The van der Waals surface area contributed by atoms with Gasteiger partial charge >= 0.3 is 0 Å². The highest BCUT2D eigenvalue weighted by Gasteiger charge is 2.53. The van der Waals surface area contributed by atoms with Gasteiger partial charge in [0, 0.05) is 24.4 Å². The SMILES string of the molecule is C[C@@H]1COCCN1c1cc(C2([S@](C)(=O)=CC(C)(C)C(N)=O)CC2)nc(-c2cccc3ccccc23)n1. The van der Waals surface area contributed by atoms with Gasteiger partial charge in [0.1, 0.15) is 5.82 Å². The maximum atomic E-state index is 14.2. The van der Waals surface area contributed by atoms with Gasteiger partial charge in [-0.1, -0.05) is 42.5 Å². The van der Waals surface area contributed by atoms with Crippen LogP contribution in [0.3, 0.4) is 0 Å². The van der Waals surface area contributed by atoms with E-state index in [1.165, 1.54) is 0 Å². The van der Waals surface area contributed by atoms with Crippen molar-refractivity contribution in [3.63, 3.8) is 0 Å². The van der Waals surface area contributed by atoms with Crippen LogP contribution in [0.2, 0.25) is 0 Å². The lowest BCUT2D eigenvalue weighted by molar-refractivity contribution is -0.122. The van der Waals surface area contributed by atoms with E-state index < -0.39 is 25.6 Å². The normalized spacial score (nSPS) is 21.1. The molecule has 8 heteroatoms. The van der Waals surface area contributed by atoms with E-state index in [0.29, 0.717) is 19.0 Å². The molecule has 190 valence electrons. The minimum Gasteiger partial charge on any atom is -0.377 e. The van der Waals surface area contributed by atoms with Crippen LogP contribution in [0.4, 0.5) is 5.82 Å². The molecular weight excluding hydrogens is 472 g/mol. The molecule has 7 nitrogen and oxygen atoms in total. The first-order valence-corrected chi connectivity index (χ1v) is 14.4. The number of hydrogen-bond acceptors (Lipinski definition) is 6. The van der Waals surface area contributed by atoms with Crippen LogP contribution < -0.4 is 10.6 Å². The summed E-state index contributed by atoms with van der Waals surface area (Å²) in [6, 6.07) is 16.5. The van der Waals surface area contributed by atoms with Crippen molar-refractivity contribution in [2.24, 2.45) is 11.1 Å². The molecule has 0 spiro atoms. The molecule has 1 saturated heterocycles. The van der Waals surface area contributed by atoms with Crippen molar-refractivity contribution in [3.05, 3.63) is 54.2 Å². The Morgan fingerprint density at radius 3 is 2.61 bits per heavy atom. The van der Waals surface area contributed by atoms with E-state index in [-0.39, 0.29) is 6.04 Å². The maximum Gasteiger partial charge on any atom is 0.227 e. The van der Waals surface area contributed by atoms with Gasteiger partial charge < -0.3 is 15.4 Å². The molecule has 36 heavy (non-hydrogen) atoms. The average molecular weight is 507 g/mol. The smallest absolute Gasteiger partial charge is 0.227 e. The van der Waals surface area contributed by atoms with Crippen LogP contribution >= 0.6 is 0 Å². The van der Waals surface area contributed by atoms with Crippen molar-refractivity contribution >= 4 is 37.4 Å². The number of carbonyl (C=O) groups excluding carboxylic acids is 1. The molecule has 0 unspecified atom stereocenters. The van der Waals surface area contributed by atoms with Crippen molar-refractivity contribution in [1.82, 2.24) is 9.97 Å². The number of aromatic nitrogens is 2. The Morgan fingerprint density at radius 2 is 1.92 bits per heavy atom. The van der Waals surface area contributed by atoms with E-state index in [4.69, 9.17) is 20.4 Å². The Bertz CT molecular complexity index is 1450. The molecular formula is C28H34N4O3S. The summed E-state index contributed by atoms with van der Waals surface area (Å²) in [5, 5.41) is 3.84. The molecule has 2 fully saturated rings. The molecule has 3 aromatic rings. The quantitative estimate of drug-likeness (QED) is 0.512. The van der Waals surface area contributed by atoms with Gasteiger partial charge in [0.15, 0.2) is 5.82 Å². The second-order valence-corrected chi connectivity index (χ2v) is 13.5. The molecule has 2 atom stereocenters. The number of hydrogen-bond donors (Lipinski definition) is 1. The number of anilines is 1. The number of primary amides is 1. The number of rotatable bonds is 6. The number of nitrogens with zero attached hydrogens (tertiary/aromatic N) is 3. The van der Waals surface area contributed by atoms with Gasteiger partial charge in [-0.25, -0.2) is 9.97 Å². The van der Waals surface area contributed by atoms with Gasteiger partial charge in [-0.05, 0) is 59.3 Å². The molecule has 2 heterocycles. The molecule has 1 saturated carbocycles. The number of morpholine rings is 1. The third kappa shape index (κ3) is 4.26. The lowest BCUT2D eigenvalue weighted by Gasteiger charge is -2.35. The van der Waals surface area contributed by atoms with Gasteiger partial charge in [-0.3, -0.25) is 9.00 Å². The van der Waals surface area contributed by atoms with Crippen LogP contribution in [-0.2, 0) is 23.8 Å². The summed E-state index contributed by atoms with van der Waals surface area (Å²) >= 11 is 0. The summed E-state index contributed by atoms with van der Waals surface area (Å²) in [7, 11) is -2.62. The van der Waals surface area contributed by atoms with Crippen LogP contribution in [0.1, 0.15) is 39.3 Å². The summed E-state index contributed by atoms with van der Waals surface area (Å²) in [6.45, 7) is 7.54. The lowest BCUT2D eigenvalue weighted by Crippen LogP contribution is -2.44. The standard InChI is InChI=1S/C28H34N4O3S/c1-19-17-35-15-14-32(19)24-16-23(28(12-13-28)36(4,34)18-27(2,3)26(29)33)30-25(31-24)22-11-7-9-20-8-5-6-10-21(20)22/h5-11,16,18-19H,12-15,17H2,1-4H3,(H2,29,33)/t19-,36-/m1/s1. The average Bonchev–Trinajstić information content (AvgIpc) is 3.66. The minimum atomic E-state index is -2.62. The summed E-state index contributed by atoms with van der Waals surface area (Å²) in [4.78, 5) is 24.4. The van der Waals surface area contributed by atoms with Gasteiger partial charge in [0.2, 0.25) is 5.91 Å². The second-order valence-electron chi connectivity index (χ2n) is 10.7. The van der Waals surface area contributed by atoms with Gasteiger partial charge in [-0.2, -0.15) is 0 Å². The largest absolute Gasteiger partial charge is 0.377 e.